The first-order valence-corrected chi connectivity index (χ1v) is 9.34. The molecule has 1 atom stereocenters. The third kappa shape index (κ3) is 6.13. The molecule has 0 radical (unpaired) electrons. The quantitative estimate of drug-likeness (QED) is 0.589. The molecule has 0 fully saturated rings. The van der Waals surface area contributed by atoms with E-state index in [2.05, 4.69) is 49.1 Å². The second-order valence-corrected chi connectivity index (χ2v) is 7.81. The first-order valence-electron chi connectivity index (χ1n) is 8.52. The van der Waals surface area contributed by atoms with Gasteiger partial charge in [-0.15, -0.1) is 11.3 Å². The Morgan fingerprint density at radius 2 is 1.96 bits per heavy atom. The van der Waals surface area contributed by atoms with Crippen LogP contribution >= 0.6 is 11.3 Å². The van der Waals surface area contributed by atoms with E-state index in [1.54, 1.807) is 11.3 Å². The maximum atomic E-state index is 9.25. The van der Waals surface area contributed by atoms with E-state index in [-0.39, 0.29) is 6.61 Å². The van der Waals surface area contributed by atoms with Crippen LogP contribution in [0.3, 0.4) is 0 Å². The summed E-state index contributed by atoms with van der Waals surface area (Å²) in [6.45, 7) is 4.04. The fourth-order valence-electron chi connectivity index (χ4n) is 2.48. The molecule has 1 heterocycles. The van der Waals surface area contributed by atoms with E-state index in [1.165, 1.54) is 16.0 Å². The molecule has 3 heteroatoms. The number of aryl methyl sites for hydroxylation is 3. The van der Waals surface area contributed by atoms with Gasteiger partial charge in [0.1, 0.15) is 0 Å². The number of hydrogen-bond donors (Lipinski definition) is 2. The Bertz CT molecular complexity index is 692. The first kappa shape index (κ1) is 18.7. The highest BCUT2D eigenvalue weighted by molar-refractivity contribution is 7.12. The number of rotatable bonds is 7. The Morgan fingerprint density at radius 1 is 1.21 bits per heavy atom. The summed E-state index contributed by atoms with van der Waals surface area (Å²) >= 11 is 1.75. The van der Waals surface area contributed by atoms with Gasteiger partial charge in [-0.2, -0.15) is 0 Å². The lowest BCUT2D eigenvalue weighted by molar-refractivity contribution is 0.201. The first-order chi connectivity index (χ1) is 11.5. The van der Waals surface area contributed by atoms with Crippen LogP contribution in [-0.2, 0) is 12.8 Å². The lowest BCUT2D eigenvalue weighted by atomic mass is 9.97. The van der Waals surface area contributed by atoms with Gasteiger partial charge < -0.3 is 10.8 Å². The van der Waals surface area contributed by atoms with Crippen molar-refractivity contribution >= 4 is 11.3 Å². The number of nitrogens with two attached hydrogens (primary N) is 1. The van der Waals surface area contributed by atoms with Crippen molar-refractivity contribution < 1.29 is 5.11 Å². The van der Waals surface area contributed by atoms with Crippen molar-refractivity contribution in [3.05, 3.63) is 57.3 Å². The summed E-state index contributed by atoms with van der Waals surface area (Å²) in [6.07, 6.45) is 4.79. The van der Waals surface area contributed by atoms with Gasteiger partial charge in [-0.3, -0.25) is 0 Å². The van der Waals surface area contributed by atoms with Gasteiger partial charge in [0.15, 0.2) is 0 Å². The fourth-order valence-corrected chi connectivity index (χ4v) is 3.53. The molecule has 2 aromatic rings. The highest BCUT2D eigenvalue weighted by Crippen LogP contribution is 2.24. The molecule has 1 aromatic carbocycles. The van der Waals surface area contributed by atoms with Gasteiger partial charge in [-0.05, 0) is 56.7 Å². The monoisotopic (exact) mass is 341 g/mol. The molecule has 2 rings (SSSR count). The predicted molar refractivity (Wildman–Crippen MR) is 103 cm³/mol. The largest absolute Gasteiger partial charge is 0.394 e. The molecule has 0 saturated heterocycles. The Hall–Kier alpha value is -1.60. The van der Waals surface area contributed by atoms with E-state index in [4.69, 9.17) is 5.73 Å². The van der Waals surface area contributed by atoms with Crippen LogP contribution in [0.4, 0.5) is 0 Å². The zero-order chi connectivity index (χ0) is 17.4. The van der Waals surface area contributed by atoms with Crippen molar-refractivity contribution in [1.82, 2.24) is 0 Å². The number of benzene rings is 1. The van der Waals surface area contributed by atoms with Gasteiger partial charge in [-0.25, -0.2) is 0 Å². The summed E-state index contributed by atoms with van der Waals surface area (Å²) in [5.41, 5.74) is 8.17. The van der Waals surface area contributed by atoms with Crippen LogP contribution < -0.4 is 5.73 Å². The average Bonchev–Trinajstić information content (AvgIpc) is 2.94. The fraction of sp³-hybridized carbons (Fsp3) is 0.429. The Balaban J connectivity index is 1.82. The second-order valence-electron chi connectivity index (χ2n) is 6.67. The predicted octanol–water partition coefficient (Wildman–Crippen LogP) is 4.07. The highest BCUT2D eigenvalue weighted by atomic mass is 32.1. The Morgan fingerprint density at radius 3 is 2.67 bits per heavy atom. The second kappa shape index (κ2) is 9.03. The van der Waals surface area contributed by atoms with Crippen LogP contribution in [0.2, 0.25) is 0 Å². The summed E-state index contributed by atoms with van der Waals surface area (Å²) in [4.78, 5) is 2.46. The molecular formula is C21H27NOS. The third-order valence-electron chi connectivity index (χ3n) is 4.13. The van der Waals surface area contributed by atoms with Gasteiger partial charge in [0.2, 0.25) is 0 Å². The SMILES string of the molecule is Cc1cc(C#CCCCc2ccccc2)sc1CCC(C)(N)CO. The van der Waals surface area contributed by atoms with Crippen molar-refractivity contribution in [2.45, 2.75) is 51.5 Å². The summed E-state index contributed by atoms with van der Waals surface area (Å²) in [5.74, 6) is 6.58. The minimum absolute atomic E-state index is 0.0193. The van der Waals surface area contributed by atoms with Crippen LogP contribution in [0.5, 0.6) is 0 Å². The van der Waals surface area contributed by atoms with E-state index in [0.29, 0.717) is 0 Å². The van der Waals surface area contributed by atoms with Crippen LogP contribution in [0.1, 0.15) is 47.1 Å². The van der Waals surface area contributed by atoms with Crippen molar-refractivity contribution in [2.75, 3.05) is 6.61 Å². The maximum absolute atomic E-state index is 9.25. The Kier molecular flexibility index (Phi) is 7.05. The van der Waals surface area contributed by atoms with Crippen molar-refractivity contribution in [3.8, 4) is 11.8 Å². The molecule has 0 aliphatic heterocycles. The van der Waals surface area contributed by atoms with Crippen molar-refractivity contribution in [1.29, 1.82) is 0 Å². The molecule has 1 unspecified atom stereocenters. The molecule has 0 aliphatic rings. The van der Waals surface area contributed by atoms with Crippen LogP contribution in [0, 0.1) is 18.8 Å². The van der Waals surface area contributed by atoms with Crippen molar-refractivity contribution in [2.24, 2.45) is 5.73 Å². The molecule has 24 heavy (non-hydrogen) atoms. The number of thiophene rings is 1. The number of aliphatic hydroxyl groups excluding tert-OH is 1. The maximum Gasteiger partial charge on any atom is 0.0774 e. The van der Waals surface area contributed by atoms with Gasteiger partial charge >= 0.3 is 0 Å². The van der Waals surface area contributed by atoms with Crippen LogP contribution in [0.15, 0.2) is 36.4 Å². The minimum Gasteiger partial charge on any atom is -0.394 e. The lowest BCUT2D eigenvalue weighted by Crippen LogP contribution is -2.40. The zero-order valence-corrected chi connectivity index (χ0v) is 15.5. The van der Waals surface area contributed by atoms with E-state index in [0.717, 1.165) is 37.0 Å². The molecule has 0 saturated carbocycles. The molecule has 2 nitrogen and oxygen atoms in total. The molecule has 3 N–H and O–H groups in total. The average molecular weight is 342 g/mol. The van der Waals surface area contributed by atoms with Crippen LogP contribution in [0.25, 0.3) is 0 Å². The zero-order valence-electron chi connectivity index (χ0n) is 14.6. The Labute approximate surface area is 149 Å². The summed E-state index contributed by atoms with van der Waals surface area (Å²) in [7, 11) is 0. The molecule has 128 valence electrons. The topological polar surface area (TPSA) is 46.2 Å². The van der Waals surface area contributed by atoms with Gasteiger partial charge in [-0.1, -0.05) is 42.2 Å². The van der Waals surface area contributed by atoms with Gasteiger partial charge in [0, 0.05) is 16.8 Å². The third-order valence-corrected chi connectivity index (χ3v) is 5.34. The van der Waals surface area contributed by atoms with E-state index >= 15 is 0 Å². The number of unbranched alkanes of at least 4 members (excludes halogenated alkanes) is 1. The van der Waals surface area contributed by atoms with E-state index < -0.39 is 5.54 Å². The molecule has 1 aromatic heterocycles. The number of hydrogen-bond acceptors (Lipinski definition) is 3. The van der Waals surface area contributed by atoms with Crippen molar-refractivity contribution in [3.63, 3.8) is 0 Å². The van der Waals surface area contributed by atoms with Crippen LogP contribution in [-0.4, -0.2) is 17.3 Å². The summed E-state index contributed by atoms with van der Waals surface area (Å²) in [6, 6.07) is 12.7. The smallest absolute Gasteiger partial charge is 0.0774 e. The molecular weight excluding hydrogens is 314 g/mol. The van der Waals surface area contributed by atoms with E-state index in [9.17, 15) is 5.11 Å². The molecule has 0 bridgehead atoms. The highest BCUT2D eigenvalue weighted by Gasteiger charge is 2.17. The standard InChI is InChI=1S/C21H27NOS/c1-17-15-19(24-20(17)13-14-21(2,22)16-23)12-8-4-7-11-18-9-5-3-6-10-18/h3,5-6,9-10,15,23H,4,7,11,13-14,16,22H2,1-2H3. The molecule has 0 spiro atoms. The van der Waals surface area contributed by atoms with Gasteiger partial charge in [0.25, 0.3) is 0 Å². The lowest BCUT2D eigenvalue weighted by Gasteiger charge is -2.21. The van der Waals surface area contributed by atoms with Gasteiger partial charge in [0.05, 0.1) is 11.5 Å². The summed E-state index contributed by atoms with van der Waals surface area (Å²) in [5, 5.41) is 9.25. The number of aliphatic hydroxyl groups is 1. The molecule has 0 aliphatic carbocycles. The van der Waals surface area contributed by atoms with E-state index in [1.807, 2.05) is 13.0 Å². The molecule has 0 amide bonds. The summed E-state index contributed by atoms with van der Waals surface area (Å²) < 4.78 is 0. The minimum atomic E-state index is -0.500. The normalized spacial score (nSPS) is 13.2.